The third-order valence-corrected chi connectivity index (χ3v) is 10.3. The summed E-state index contributed by atoms with van der Waals surface area (Å²) in [6.45, 7) is 10.8. The molecule has 3 aromatic carbocycles. The first-order valence-electron chi connectivity index (χ1n) is 12.5. The average Bonchev–Trinajstić information content (AvgIpc) is 2.85. The van der Waals surface area contributed by atoms with Crippen molar-refractivity contribution in [3.8, 4) is 23.0 Å². The molecule has 0 bridgehead atoms. The molecule has 0 amide bonds. The van der Waals surface area contributed by atoms with Crippen LogP contribution in [0.2, 0.25) is 0 Å². The fourth-order valence-electron chi connectivity index (χ4n) is 3.90. The molecule has 0 atom stereocenters. The van der Waals surface area contributed by atoms with E-state index in [9.17, 15) is 21.6 Å². The SMILES string of the molecule is COc1ccccc1S(OS(=O)(=O)C(F)(F)F)(c1ccccc1OC)c1ccc(OC(C)(C)C)cc1OC(C)(C)C. The number of para-hydroxylation sites is 2. The van der Waals surface area contributed by atoms with Crippen molar-refractivity contribution >= 4 is 20.4 Å². The maximum absolute atomic E-state index is 14.1. The predicted molar refractivity (Wildman–Crippen MR) is 152 cm³/mol. The number of halogens is 3. The summed E-state index contributed by atoms with van der Waals surface area (Å²) in [7, 11) is -7.41. The molecule has 3 rings (SSSR count). The van der Waals surface area contributed by atoms with Gasteiger partial charge in [-0.15, -0.1) is 0 Å². The highest BCUT2D eigenvalue weighted by Crippen LogP contribution is 2.76. The van der Waals surface area contributed by atoms with Gasteiger partial charge >= 0.3 is 15.6 Å². The highest BCUT2D eigenvalue weighted by molar-refractivity contribution is 8.33. The molecule has 226 valence electrons. The Morgan fingerprint density at radius 1 is 0.610 bits per heavy atom. The minimum atomic E-state index is -6.21. The Kier molecular flexibility index (Phi) is 9.22. The molecule has 0 heterocycles. The first kappa shape index (κ1) is 32.4. The number of hydrogen-bond donors (Lipinski definition) is 0. The molecule has 0 saturated heterocycles. The van der Waals surface area contributed by atoms with Crippen LogP contribution in [-0.4, -0.2) is 39.3 Å². The lowest BCUT2D eigenvalue weighted by Crippen LogP contribution is -2.29. The maximum Gasteiger partial charge on any atom is 0.524 e. The molecule has 0 aromatic heterocycles. The second kappa shape index (κ2) is 11.7. The topological polar surface area (TPSA) is 80.3 Å². The fraction of sp³-hybridized carbons (Fsp3) is 0.379. The first-order chi connectivity index (χ1) is 18.8. The smallest absolute Gasteiger partial charge is 0.496 e. The van der Waals surface area contributed by atoms with Crippen LogP contribution in [-0.2, 0) is 13.7 Å². The summed E-state index contributed by atoms with van der Waals surface area (Å²) in [4.78, 5) is 0.113. The third kappa shape index (κ3) is 7.22. The van der Waals surface area contributed by atoms with E-state index in [4.69, 9.17) is 22.6 Å². The molecule has 0 aliphatic carbocycles. The summed E-state index contributed by atoms with van der Waals surface area (Å²) in [6, 6.07) is 16.8. The molecule has 3 aromatic rings. The zero-order chi connectivity index (χ0) is 30.9. The van der Waals surface area contributed by atoms with Crippen LogP contribution in [0, 0.1) is 0 Å². The van der Waals surface area contributed by atoms with E-state index in [2.05, 4.69) is 0 Å². The van der Waals surface area contributed by atoms with Crippen molar-refractivity contribution in [1.29, 1.82) is 0 Å². The van der Waals surface area contributed by atoms with Crippen LogP contribution < -0.4 is 18.9 Å². The monoisotopic (exact) mass is 616 g/mol. The van der Waals surface area contributed by atoms with Gasteiger partial charge in [-0.05, 0) is 88.2 Å². The van der Waals surface area contributed by atoms with Gasteiger partial charge in [-0.3, -0.25) is 0 Å². The number of hydrogen-bond acceptors (Lipinski definition) is 7. The quantitative estimate of drug-likeness (QED) is 0.225. The Labute approximate surface area is 241 Å². The van der Waals surface area contributed by atoms with E-state index in [0.29, 0.717) is 5.75 Å². The van der Waals surface area contributed by atoms with E-state index in [0.717, 1.165) is 0 Å². The zero-order valence-corrected chi connectivity index (χ0v) is 25.8. The molecule has 0 fully saturated rings. The van der Waals surface area contributed by atoms with Gasteiger partial charge in [-0.1, -0.05) is 24.3 Å². The molecular formula is C29H35F3O7S2. The Morgan fingerprint density at radius 2 is 1.05 bits per heavy atom. The number of benzene rings is 3. The number of methoxy groups -OCH3 is 2. The molecule has 0 spiro atoms. The van der Waals surface area contributed by atoms with Gasteiger partial charge in [0.25, 0.3) is 0 Å². The van der Waals surface area contributed by atoms with Crippen molar-refractivity contribution in [2.75, 3.05) is 14.2 Å². The fourth-order valence-corrected chi connectivity index (χ4v) is 8.93. The maximum atomic E-state index is 14.1. The Hall–Kier alpha value is -3.09. The molecule has 0 aliphatic rings. The molecule has 12 heteroatoms. The van der Waals surface area contributed by atoms with Crippen LogP contribution in [0.25, 0.3) is 0 Å². The molecule has 7 nitrogen and oxygen atoms in total. The molecule has 0 saturated carbocycles. The Bertz CT molecular complexity index is 1430. The van der Waals surface area contributed by atoms with Crippen LogP contribution in [0.1, 0.15) is 41.5 Å². The minimum absolute atomic E-state index is 0.0236. The third-order valence-electron chi connectivity index (χ3n) is 5.30. The number of alkyl halides is 3. The summed E-state index contributed by atoms with van der Waals surface area (Å²) in [5, 5.41) is 0. The van der Waals surface area contributed by atoms with Gasteiger partial charge in [0, 0.05) is 6.07 Å². The lowest BCUT2D eigenvalue weighted by molar-refractivity contribution is -0.0496. The first-order valence-corrected chi connectivity index (χ1v) is 15.5. The van der Waals surface area contributed by atoms with Gasteiger partial charge in [0.15, 0.2) is 0 Å². The van der Waals surface area contributed by atoms with Gasteiger partial charge in [-0.25, -0.2) is 0 Å². The van der Waals surface area contributed by atoms with Crippen molar-refractivity contribution in [2.45, 2.75) is 72.9 Å². The molecule has 0 N–H and O–H groups in total. The van der Waals surface area contributed by atoms with Crippen molar-refractivity contribution in [1.82, 2.24) is 0 Å². The Morgan fingerprint density at radius 3 is 1.46 bits per heavy atom. The molecule has 0 unspecified atom stereocenters. The zero-order valence-electron chi connectivity index (χ0n) is 24.2. The highest BCUT2D eigenvalue weighted by atomic mass is 32.3. The van der Waals surface area contributed by atoms with Crippen molar-refractivity contribution < 1.29 is 44.2 Å². The van der Waals surface area contributed by atoms with Crippen LogP contribution in [0.5, 0.6) is 23.0 Å². The van der Waals surface area contributed by atoms with E-state index in [1.165, 1.54) is 56.7 Å². The summed E-state index contributed by atoms with van der Waals surface area (Å²) in [5.74, 6) is 0.612. The van der Waals surface area contributed by atoms with Crippen LogP contribution in [0.15, 0.2) is 81.4 Å². The van der Waals surface area contributed by atoms with Gasteiger partial charge in [0.2, 0.25) is 0 Å². The highest BCUT2D eigenvalue weighted by Gasteiger charge is 2.54. The van der Waals surface area contributed by atoms with E-state index in [-0.39, 0.29) is 31.9 Å². The number of rotatable bonds is 9. The van der Waals surface area contributed by atoms with Crippen LogP contribution in [0.3, 0.4) is 0 Å². The summed E-state index contributed by atoms with van der Waals surface area (Å²) < 4.78 is 97.1. The standard InChI is InChI=1S/C29H35F3O7S2/c1-27(2,3)37-20-17-18-26(23(19-20)38-28(4,5)6)40(39-41(33,34)29(30,31)32,24-15-11-9-13-21(24)35-7)25-16-12-10-14-22(25)36-8/h9-19H,1-8H3. The predicted octanol–water partition coefficient (Wildman–Crippen LogP) is 8.12. The second-order valence-electron chi connectivity index (χ2n) is 10.9. The molecule has 41 heavy (non-hydrogen) atoms. The van der Waals surface area contributed by atoms with Crippen LogP contribution in [0.4, 0.5) is 13.2 Å². The van der Waals surface area contributed by atoms with E-state index in [1.807, 2.05) is 20.8 Å². The lowest BCUT2D eigenvalue weighted by Gasteiger charge is -2.42. The van der Waals surface area contributed by atoms with E-state index in [1.54, 1.807) is 45.0 Å². The minimum Gasteiger partial charge on any atom is -0.496 e. The average molecular weight is 617 g/mol. The molecule has 0 radical (unpaired) electrons. The van der Waals surface area contributed by atoms with E-state index < -0.39 is 37.1 Å². The Balaban J connectivity index is 2.62. The van der Waals surface area contributed by atoms with Crippen molar-refractivity contribution in [3.05, 3.63) is 66.7 Å². The van der Waals surface area contributed by atoms with E-state index >= 15 is 0 Å². The lowest BCUT2D eigenvalue weighted by atomic mass is 10.2. The summed E-state index contributed by atoms with van der Waals surface area (Å²) in [5.41, 5.74) is -7.22. The van der Waals surface area contributed by atoms with Gasteiger partial charge in [0.05, 0.1) is 28.9 Å². The van der Waals surface area contributed by atoms with Crippen molar-refractivity contribution in [2.24, 2.45) is 0 Å². The summed E-state index contributed by atoms with van der Waals surface area (Å²) in [6.07, 6.45) is 0. The van der Waals surface area contributed by atoms with Gasteiger partial charge < -0.3 is 18.9 Å². The molecule has 0 aliphatic heterocycles. The van der Waals surface area contributed by atoms with Crippen molar-refractivity contribution in [3.63, 3.8) is 0 Å². The van der Waals surface area contributed by atoms with Gasteiger partial charge in [-0.2, -0.15) is 25.2 Å². The van der Waals surface area contributed by atoms with Crippen LogP contribution >= 0.6 is 10.3 Å². The van der Waals surface area contributed by atoms with Gasteiger partial charge in [0.1, 0.15) is 34.2 Å². The number of ether oxygens (including phenoxy) is 4. The second-order valence-corrected chi connectivity index (χ2v) is 15.2. The molecular weight excluding hydrogens is 581 g/mol. The normalized spacial score (nSPS) is 13.4. The summed E-state index contributed by atoms with van der Waals surface area (Å²) >= 11 is 0. The largest absolute Gasteiger partial charge is 0.524 e.